The molecule has 2 aliphatic heterocycles. The van der Waals surface area contributed by atoms with E-state index in [2.05, 4.69) is 32.3 Å². The number of likely N-dealkylation sites (tertiary alicyclic amines) is 1. The van der Waals surface area contributed by atoms with Crippen molar-refractivity contribution in [1.82, 2.24) is 9.80 Å². The summed E-state index contributed by atoms with van der Waals surface area (Å²) in [4.78, 5) is 40.9. The van der Waals surface area contributed by atoms with Gasteiger partial charge in [0.15, 0.2) is 0 Å². The molecule has 1 saturated heterocycles. The molecule has 0 radical (unpaired) electrons. The molecule has 1 aliphatic carbocycles. The molecule has 2 fully saturated rings. The van der Waals surface area contributed by atoms with E-state index >= 15 is 0 Å². The second-order valence-corrected chi connectivity index (χ2v) is 11.9. The van der Waals surface area contributed by atoms with E-state index in [-0.39, 0.29) is 11.8 Å². The van der Waals surface area contributed by atoms with Gasteiger partial charge in [-0.15, -0.1) is 0 Å². The van der Waals surface area contributed by atoms with Crippen molar-refractivity contribution in [2.24, 2.45) is 23.2 Å². The maximum atomic E-state index is 12.6. The average molecular weight is 471 g/mol. The van der Waals surface area contributed by atoms with E-state index < -0.39 is 0 Å². The van der Waals surface area contributed by atoms with Crippen LogP contribution in [0.15, 0.2) is 24.4 Å². The number of hydrogen-bond acceptors (Lipinski definition) is 3. The van der Waals surface area contributed by atoms with E-state index in [1.54, 1.807) is 17.1 Å². The van der Waals surface area contributed by atoms with E-state index in [0.29, 0.717) is 35.9 Å². The van der Waals surface area contributed by atoms with Crippen molar-refractivity contribution < 1.29 is 14.4 Å². The van der Waals surface area contributed by atoms with Gasteiger partial charge in [0, 0.05) is 50.2 Å². The molecule has 34 heavy (non-hydrogen) atoms. The van der Waals surface area contributed by atoms with Crippen LogP contribution in [0.4, 0.5) is 0 Å². The number of nitrogens with zero attached hydrogens (tertiary/aromatic N) is 2. The van der Waals surface area contributed by atoms with Gasteiger partial charge in [0.05, 0.1) is 0 Å². The molecule has 3 aliphatic rings. The summed E-state index contributed by atoms with van der Waals surface area (Å²) >= 11 is 0. The van der Waals surface area contributed by atoms with Crippen LogP contribution < -0.4 is 0 Å². The molecule has 2 amide bonds. The van der Waals surface area contributed by atoms with Crippen molar-refractivity contribution in [2.75, 3.05) is 19.6 Å². The molecule has 0 aromatic heterocycles. The van der Waals surface area contributed by atoms with Crippen molar-refractivity contribution in [3.8, 4) is 0 Å². The predicted molar refractivity (Wildman–Crippen MR) is 137 cm³/mol. The Morgan fingerprint density at radius 2 is 1.53 bits per heavy atom. The third kappa shape index (κ3) is 7.55. The maximum absolute atomic E-state index is 12.6. The second kappa shape index (κ2) is 12.2. The first kappa shape index (κ1) is 26.7. The van der Waals surface area contributed by atoms with Crippen LogP contribution in [0.3, 0.4) is 0 Å². The van der Waals surface area contributed by atoms with Crippen LogP contribution in [0.1, 0.15) is 97.8 Å². The number of unbranched alkanes of at least 4 members (excludes halogenated alkanes) is 3. The van der Waals surface area contributed by atoms with Gasteiger partial charge in [-0.2, -0.15) is 0 Å². The molecule has 1 saturated carbocycles. The summed E-state index contributed by atoms with van der Waals surface area (Å²) in [6, 6.07) is 0. The molecule has 0 atom stereocenters. The molecule has 190 valence electrons. The summed E-state index contributed by atoms with van der Waals surface area (Å²) in [5.74, 6) is 2.16. The van der Waals surface area contributed by atoms with Crippen molar-refractivity contribution >= 4 is 17.6 Å². The molecular weight excluding hydrogens is 424 g/mol. The Balaban J connectivity index is 1.22. The van der Waals surface area contributed by atoms with Crippen LogP contribution >= 0.6 is 0 Å². The lowest BCUT2D eigenvalue weighted by Gasteiger charge is -2.38. The average Bonchev–Trinajstić information content (AvgIpc) is 3.13. The summed E-state index contributed by atoms with van der Waals surface area (Å²) in [7, 11) is 0. The summed E-state index contributed by atoms with van der Waals surface area (Å²) in [6.07, 6.45) is 14.8. The molecular formula is C29H46N2O3. The minimum Gasteiger partial charge on any atom is -0.343 e. The number of amides is 2. The summed E-state index contributed by atoms with van der Waals surface area (Å²) in [6.45, 7) is 13.4. The van der Waals surface area contributed by atoms with E-state index in [1.165, 1.54) is 0 Å². The number of rotatable bonds is 10. The molecule has 0 aromatic rings. The van der Waals surface area contributed by atoms with E-state index in [1.807, 2.05) is 0 Å². The zero-order valence-corrected chi connectivity index (χ0v) is 21.8. The SMILES string of the molecule is C=C1C=CC(=O)N1CC1CCC(C(=O)CCCCCCC(=O)N2CCC(C(C)(C)C)CC2)CC1. The number of allylic oxidation sites excluding steroid dienone is 1. The van der Waals surface area contributed by atoms with Crippen LogP contribution in [0.5, 0.6) is 0 Å². The van der Waals surface area contributed by atoms with E-state index in [0.717, 1.165) is 95.5 Å². The van der Waals surface area contributed by atoms with Crippen molar-refractivity contribution in [2.45, 2.75) is 97.8 Å². The van der Waals surface area contributed by atoms with Gasteiger partial charge in [-0.3, -0.25) is 14.4 Å². The molecule has 0 aromatic carbocycles. The quantitative estimate of drug-likeness (QED) is 0.374. The lowest BCUT2D eigenvalue weighted by Crippen LogP contribution is -2.41. The minimum absolute atomic E-state index is 0.0370. The second-order valence-electron chi connectivity index (χ2n) is 11.9. The van der Waals surface area contributed by atoms with Crippen LogP contribution in [0.25, 0.3) is 0 Å². The lowest BCUT2D eigenvalue weighted by atomic mass is 9.75. The Kier molecular flexibility index (Phi) is 9.56. The maximum Gasteiger partial charge on any atom is 0.251 e. The van der Waals surface area contributed by atoms with Crippen molar-refractivity contribution in [3.63, 3.8) is 0 Å². The van der Waals surface area contributed by atoms with Crippen LogP contribution in [0.2, 0.25) is 0 Å². The monoisotopic (exact) mass is 470 g/mol. The molecule has 0 spiro atoms. The van der Waals surface area contributed by atoms with Crippen molar-refractivity contribution in [3.05, 3.63) is 24.4 Å². The number of Topliss-reactive ketones (excluding diaryl/α,β-unsaturated/α-hetero) is 1. The third-order valence-corrected chi connectivity index (χ3v) is 8.41. The zero-order chi connectivity index (χ0) is 24.7. The highest BCUT2D eigenvalue weighted by molar-refractivity contribution is 5.93. The normalized spacial score (nSPS) is 24.2. The Labute approximate surface area is 207 Å². The summed E-state index contributed by atoms with van der Waals surface area (Å²) in [5.41, 5.74) is 1.13. The van der Waals surface area contributed by atoms with Gasteiger partial charge >= 0.3 is 0 Å². The standard InChI is InChI=1S/C29H46N2O3/c1-22-11-16-28(34)31(22)21-23-12-14-24(15-13-23)26(32)9-7-5-6-8-10-27(33)30-19-17-25(18-20-30)29(2,3)4/h11,16,23-25H,1,5-10,12-15,17-21H2,2-4H3. The lowest BCUT2D eigenvalue weighted by molar-refractivity contribution is -0.133. The number of carbonyl (C=O) groups excluding carboxylic acids is 3. The van der Waals surface area contributed by atoms with Crippen LogP contribution in [0, 0.1) is 23.2 Å². The van der Waals surface area contributed by atoms with Crippen molar-refractivity contribution in [1.29, 1.82) is 0 Å². The van der Waals surface area contributed by atoms with Gasteiger partial charge in [0.1, 0.15) is 5.78 Å². The highest BCUT2D eigenvalue weighted by Gasteiger charge is 2.31. The zero-order valence-electron chi connectivity index (χ0n) is 21.8. The van der Waals surface area contributed by atoms with Gasteiger partial charge in [0.25, 0.3) is 5.91 Å². The Hall–Kier alpha value is -1.91. The highest BCUT2D eigenvalue weighted by Crippen LogP contribution is 2.35. The molecule has 2 heterocycles. The summed E-state index contributed by atoms with van der Waals surface area (Å²) in [5, 5.41) is 0. The van der Waals surface area contributed by atoms with E-state index in [9.17, 15) is 14.4 Å². The Bertz CT molecular complexity index is 745. The highest BCUT2D eigenvalue weighted by atomic mass is 16.2. The molecule has 5 nitrogen and oxygen atoms in total. The number of piperidine rings is 1. The summed E-state index contributed by atoms with van der Waals surface area (Å²) < 4.78 is 0. The van der Waals surface area contributed by atoms with E-state index in [4.69, 9.17) is 0 Å². The van der Waals surface area contributed by atoms with Crippen LogP contribution in [-0.2, 0) is 14.4 Å². The minimum atomic E-state index is 0.0370. The Morgan fingerprint density at radius 1 is 0.912 bits per heavy atom. The fourth-order valence-electron chi connectivity index (χ4n) is 5.91. The molecule has 0 bridgehead atoms. The molecule has 0 unspecified atom stereocenters. The van der Waals surface area contributed by atoms with Gasteiger partial charge in [-0.25, -0.2) is 0 Å². The Morgan fingerprint density at radius 3 is 2.09 bits per heavy atom. The molecule has 5 heteroatoms. The first-order valence-corrected chi connectivity index (χ1v) is 13.6. The fourth-order valence-corrected chi connectivity index (χ4v) is 5.91. The number of carbonyl (C=O) groups is 3. The largest absolute Gasteiger partial charge is 0.343 e. The fraction of sp³-hybridized carbons (Fsp3) is 0.759. The number of ketones is 1. The first-order valence-electron chi connectivity index (χ1n) is 13.6. The smallest absolute Gasteiger partial charge is 0.251 e. The van der Waals surface area contributed by atoms with Crippen LogP contribution in [-0.4, -0.2) is 47.0 Å². The van der Waals surface area contributed by atoms with Gasteiger partial charge < -0.3 is 9.80 Å². The third-order valence-electron chi connectivity index (χ3n) is 8.41. The van der Waals surface area contributed by atoms with Gasteiger partial charge in [-0.05, 0) is 74.7 Å². The molecule has 3 rings (SSSR count). The molecule has 0 N–H and O–H groups in total. The first-order chi connectivity index (χ1) is 16.1. The topological polar surface area (TPSA) is 57.7 Å². The predicted octanol–water partition coefficient (Wildman–Crippen LogP) is 5.90. The van der Waals surface area contributed by atoms with Gasteiger partial charge in [-0.1, -0.05) is 40.2 Å². The number of hydrogen-bond donors (Lipinski definition) is 0. The van der Waals surface area contributed by atoms with Gasteiger partial charge in [0.2, 0.25) is 5.91 Å².